The van der Waals surface area contributed by atoms with E-state index in [0.29, 0.717) is 41.2 Å². The number of ether oxygens (including phenoxy) is 7. The number of thioether (sulfide) groups is 1. The molecule has 0 amide bonds. The molecule has 4 rings (SSSR count). The molecule has 0 N–H and O–H groups in total. The van der Waals surface area contributed by atoms with Crippen LogP contribution in [0.15, 0.2) is 47.6 Å². The van der Waals surface area contributed by atoms with Gasteiger partial charge in [0.1, 0.15) is 12.7 Å². The molecule has 1 aliphatic heterocycles. The molecule has 1 fully saturated rings. The molecule has 2 heterocycles. The zero-order valence-corrected chi connectivity index (χ0v) is 28.9. The minimum Gasteiger partial charge on any atom is -0.493 e. The number of rotatable bonds is 14. The molecule has 3 aromatic rings. The molecule has 1 aromatic heterocycles. The maximum Gasteiger partial charge on any atom is 0.303 e. The van der Waals surface area contributed by atoms with Crippen molar-refractivity contribution < 1.29 is 52.3 Å². The van der Waals surface area contributed by atoms with Gasteiger partial charge in [0, 0.05) is 27.7 Å². The van der Waals surface area contributed by atoms with Gasteiger partial charge in [-0.3, -0.25) is 19.2 Å². The minimum absolute atomic E-state index is 0.323. The highest BCUT2D eigenvalue weighted by Gasteiger charge is 2.52. The van der Waals surface area contributed by atoms with E-state index in [9.17, 15) is 19.2 Å². The number of imidazole rings is 1. The summed E-state index contributed by atoms with van der Waals surface area (Å²) in [5, 5.41) is 0.494. The van der Waals surface area contributed by atoms with Crippen LogP contribution in [0.5, 0.6) is 11.5 Å². The van der Waals surface area contributed by atoms with Crippen molar-refractivity contribution in [2.45, 2.75) is 89.5 Å². The van der Waals surface area contributed by atoms with Crippen LogP contribution in [0.25, 0.3) is 11.0 Å². The fourth-order valence-corrected chi connectivity index (χ4v) is 6.39. The molecule has 14 heteroatoms. The largest absolute Gasteiger partial charge is 0.493 e. The highest BCUT2D eigenvalue weighted by Crippen LogP contribution is 2.39. The number of carbonyl (C=O) groups excluding carboxylic acids is 4. The third kappa shape index (κ3) is 9.63. The summed E-state index contributed by atoms with van der Waals surface area (Å²) in [5.41, 5.74) is 1.38. The van der Waals surface area contributed by atoms with Crippen LogP contribution < -0.4 is 9.47 Å². The van der Waals surface area contributed by atoms with Crippen LogP contribution in [-0.2, 0) is 49.4 Å². The molecule has 13 nitrogen and oxygen atoms in total. The Hall–Kier alpha value is -4.30. The van der Waals surface area contributed by atoms with Crippen molar-refractivity contribution in [3.8, 4) is 11.5 Å². The van der Waals surface area contributed by atoms with Gasteiger partial charge in [0.05, 0.1) is 31.3 Å². The molecule has 260 valence electrons. The first kappa shape index (κ1) is 36.5. The number of hydrogen-bond acceptors (Lipinski definition) is 13. The maximum absolute atomic E-state index is 12.4. The first-order valence-corrected chi connectivity index (χ1v) is 16.5. The second kappa shape index (κ2) is 16.7. The van der Waals surface area contributed by atoms with Crippen molar-refractivity contribution in [2.75, 3.05) is 20.3 Å². The van der Waals surface area contributed by atoms with Crippen molar-refractivity contribution >= 4 is 46.7 Å². The third-order valence-electron chi connectivity index (χ3n) is 7.31. The van der Waals surface area contributed by atoms with E-state index in [4.69, 9.17) is 38.1 Å². The van der Waals surface area contributed by atoms with Crippen LogP contribution in [0.3, 0.4) is 0 Å². The van der Waals surface area contributed by atoms with Crippen molar-refractivity contribution in [3.05, 3.63) is 48.0 Å². The Morgan fingerprint density at radius 1 is 0.875 bits per heavy atom. The van der Waals surface area contributed by atoms with Crippen LogP contribution in [0.1, 0.15) is 53.5 Å². The first-order chi connectivity index (χ1) is 22.9. The molecule has 5 atom stereocenters. The fraction of sp³-hybridized carbons (Fsp3) is 0.500. The number of benzene rings is 2. The smallest absolute Gasteiger partial charge is 0.303 e. The normalized spacial score (nSPS) is 20.6. The van der Waals surface area contributed by atoms with Crippen molar-refractivity contribution in [1.29, 1.82) is 0 Å². The number of aromatic nitrogens is 2. The average Bonchev–Trinajstić information content (AvgIpc) is 3.35. The Bertz CT molecular complexity index is 1610. The topological polar surface area (TPSA) is 151 Å². The van der Waals surface area contributed by atoms with Gasteiger partial charge in [0.25, 0.3) is 0 Å². The summed E-state index contributed by atoms with van der Waals surface area (Å²) in [4.78, 5) is 53.4. The van der Waals surface area contributed by atoms with Crippen molar-refractivity contribution in [1.82, 2.24) is 9.55 Å². The molecular formula is C34H42N2O11S. The Kier molecular flexibility index (Phi) is 12.7. The number of carbonyl (C=O) groups is 4. The third-order valence-corrected chi connectivity index (χ3v) is 8.44. The van der Waals surface area contributed by atoms with Gasteiger partial charge in [-0.15, -0.1) is 0 Å². The maximum atomic E-state index is 12.4. The molecule has 0 aliphatic carbocycles. The quantitative estimate of drug-likeness (QED) is 0.171. The Labute approximate surface area is 283 Å². The molecule has 0 spiro atoms. The summed E-state index contributed by atoms with van der Waals surface area (Å²) >= 11 is 1.13. The monoisotopic (exact) mass is 686 g/mol. The first-order valence-electron chi connectivity index (χ1n) is 15.6. The lowest BCUT2D eigenvalue weighted by atomic mass is 9.99. The second-order valence-corrected chi connectivity index (χ2v) is 12.7. The summed E-state index contributed by atoms with van der Waals surface area (Å²) in [6.45, 7) is 9.68. The van der Waals surface area contributed by atoms with Crippen LogP contribution in [0.4, 0.5) is 0 Å². The zero-order chi connectivity index (χ0) is 35.0. The van der Waals surface area contributed by atoms with Gasteiger partial charge < -0.3 is 37.7 Å². The van der Waals surface area contributed by atoms with E-state index in [2.05, 4.69) is 13.8 Å². The molecule has 1 aliphatic rings. The summed E-state index contributed by atoms with van der Waals surface area (Å²) in [6, 6.07) is 13.3. The fourth-order valence-electron chi connectivity index (χ4n) is 5.20. The van der Waals surface area contributed by atoms with Gasteiger partial charge in [0.2, 0.25) is 0 Å². The van der Waals surface area contributed by atoms with E-state index in [1.807, 2.05) is 47.0 Å². The molecule has 5 unspecified atom stereocenters. The molecule has 0 radical (unpaired) electrons. The van der Waals surface area contributed by atoms with Crippen LogP contribution in [0, 0.1) is 5.92 Å². The average molecular weight is 687 g/mol. The van der Waals surface area contributed by atoms with Gasteiger partial charge in [-0.2, -0.15) is 0 Å². The molecule has 0 bridgehead atoms. The number of para-hydroxylation sites is 2. The predicted molar refractivity (Wildman–Crippen MR) is 175 cm³/mol. The Balaban J connectivity index is 1.73. The number of nitrogens with zero attached hydrogens (tertiary/aromatic N) is 2. The molecule has 48 heavy (non-hydrogen) atoms. The lowest BCUT2D eigenvalue weighted by Gasteiger charge is -2.44. The Morgan fingerprint density at radius 2 is 1.54 bits per heavy atom. The SMILES string of the molecule is COc1cc(Cn2c(SC3OC(COC(C)=O)C(OC(C)=O)C(OC(C)=O)C3OC(C)=O)nc3ccccc32)ccc1OCCC(C)C. The summed E-state index contributed by atoms with van der Waals surface area (Å²) in [6.07, 6.45) is -3.93. The number of esters is 4. The van der Waals surface area contributed by atoms with E-state index in [0.717, 1.165) is 29.3 Å². The Morgan fingerprint density at radius 3 is 2.19 bits per heavy atom. The summed E-state index contributed by atoms with van der Waals surface area (Å²) in [5.74, 6) is -0.937. The van der Waals surface area contributed by atoms with Gasteiger partial charge in [-0.25, -0.2) is 4.98 Å². The van der Waals surface area contributed by atoms with Gasteiger partial charge in [0.15, 0.2) is 40.4 Å². The van der Waals surface area contributed by atoms with Crippen LogP contribution in [-0.4, -0.2) is 83.6 Å². The highest BCUT2D eigenvalue weighted by molar-refractivity contribution is 7.99. The van der Waals surface area contributed by atoms with E-state index in [-0.39, 0.29) is 6.61 Å². The number of hydrogen-bond donors (Lipinski definition) is 0. The molecule has 2 aromatic carbocycles. The standard InChI is InChI=1S/C34H42N2O11S/c1-19(2)14-15-42-27-13-12-24(16-28(27)41-7)17-36-26-11-9-8-10-25(26)35-34(36)48-33-32(46-23(6)40)31(45-22(5)39)30(44-21(4)38)29(47-33)18-43-20(3)37/h8-13,16,19,29-33H,14-15,17-18H2,1-7H3. The highest BCUT2D eigenvalue weighted by atomic mass is 32.2. The minimum atomic E-state index is -1.28. The second-order valence-electron chi connectivity index (χ2n) is 11.7. The number of fused-ring (bicyclic) bond motifs is 1. The van der Waals surface area contributed by atoms with Crippen LogP contribution in [0.2, 0.25) is 0 Å². The summed E-state index contributed by atoms with van der Waals surface area (Å²) in [7, 11) is 1.59. The molecular weight excluding hydrogens is 644 g/mol. The zero-order valence-electron chi connectivity index (χ0n) is 28.1. The van der Waals surface area contributed by atoms with Crippen molar-refractivity contribution in [2.24, 2.45) is 5.92 Å². The predicted octanol–water partition coefficient (Wildman–Crippen LogP) is 4.69. The van der Waals surface area contributed by atoms with Crippen molar-refractivity contribution in [3.63, 3.8) is 0 Å². The van der Waals surface area contributed by atoms with E-state index in [1.165, 1.54) is 27.7 Å². The van der Waals surface area contributed by atoms with Gasteiger partial charge in [-0.05, 0) is 42.2 Å². The summed E-state index contributed by atoms with van der Waals surface area (Å²) < 4.78 is 41.9. The van der Waals surface area contributed by atoms with E-state index < -0.39 is 53.7 Å². The van der Waals surface area contributed by atoms with Gasteiger partial charge >= 0.3 is 23.9 Å². The molecule has 1 saturated heterocycles. The van der Waals surface area contributed by atoms with Gasteiger partial charge in [-0.1, -0.05) is 43.8 Å². The lowest BCUT2D eigenvalue weighted by Crippen LogP contribution is -2.61. The number of methoxy groups -OCH3 is 1. The van der Waals surface area contributed by atoms with Crippen LogP contribution >= 0.6 is 11.8 Å². The molecule has 0 saturated carbocycles. The van der Waals surface area contributed by atoms with E-state index in [1.54, 1.807) is 7.11 Å². The van der Waals surface area contributed by atoms with E-state index >= 15 is 0 Å². The lowest BCUT2D eigenvalue weighted by molar-refractivity contribution is -0.237.